The third-order valence-electron chi connectivity index (χ3n) is 3.76. The molecular weight excluding hydrogens is 238 g/mol. The predicted molar refractivity (Wildman–Crippen MR) is 61.7 cm³/mol. The molecule has 2 aliphatic heterocycles. The number of urea groups is 1. The summed E-state index contributed by atoms with van der Waals surface area (Å²) >= 11 is 0. The minimum absolute atomic E-state index is 0.266. The molecule has 2 N–H and O–H groups in total. The van der Waals surface area contributed by atoms with Crippen LogP contribution in [0.25, 0.3) is 0 Å². The average molecular weight is 255 g/mol. The van der Waals surface area contributed by atoms with Gasteiger partial charge in [0.2, 0.25) is 0 Å². The van der Waals surface area contributed by atoms with Crippen molar-refractivity contribution in [3.8, 4) is 0 Å². The summed E-state index contributed by atoms with van der Waals surface area (Å²) in [6, 6.07) is -0.762. The highest BCUT2D eigenvalue weighted by atomic mass is 16.5. The van der Waals surface area contributed by atoms with Crippen molar-refractivity contribution >= 4 is 17.9 Å². The van der Waals surface area contributed by atoms with Gasteiger partial charge in [0.1, 0.15) is 11.6 Å². The highest BCUT2D eigenvalue weighted by molar-refractivity contribution is 6.07. The Morgan fingerprint density at radius 2 is 2.00 bits per heavy atom. The molecule has 0 radical (unpaired) electrons. The van der Waals surface area contributed by atoms with E-state index in [0.717, 1.165) is 0 Å². The van der Waals surface area contributed by atoms with Gasteiger partial charge in [0, 0.05) is 13.1 Å². The van der Waals surface area contributed by atoms with Crippen LogP contribution in [-0.4, -0.2) is 54.6 Å². The maximum atomic E-state index is 11.7. The first-order valence-corrected chi connectivity index (χ1v) is 5.94. The Balaban J connectivity index is 1.98. The second kappa shape index (κ2) is 4.56. The maximum absolute atomic E-state index is 11.7. The summed E-state index contributed by atoms with van der Waals surface area (Å²) in [5, 5.41) is 4.94. The highest BCUT2D eigenvalue weighted by Gasteiger charge is 2.48. The number of nitrogens with one attached hydrogen (secondary N) is 2. The molecule has 1 atom stereocenters. The molecule has 7 nitrogen and oxygen atoms in total. The lowest BCUT2D eigenvalue weighted by Crippen LogP contribution is -2.57. The van der Waals surface area contributed by atoms with Crippen molar-refractivity contribution in [2.75, 3.05) is 20.2 Å². The highest BCUT2D eigenvalue weighted by Crippen LogP contribution is 2.26. The van der Waals surface area contributed by atoms with Crippen LogP contribution in [0, 0.1) is 0 Å². The van der Waals surface area contributed by atoms with Crippen LogP contribution in [0.5, 0.6) is 0 Å². The predicted octanol–water partition coefficient (Wildman–Crippen LogP) is -0.778. The molecule has 2 rings (SSSR count). The molecule has 18 heavy (non-hydrogen) atoms. The number of methoxy groups -OCH3 is 1. The van der Waals surface area contributed by atoms with E-state index in [1.54, 1.807) is 6.92 Å². The Hall–Kier alpha value is -1.63. The van der Waals surface area contributed by atoms with E-state index in [1.165, 1.54) is 7.11 Å². The molecule has 0 aliphatic carbocycles. The van der Waals surface area contributed by atoms with Crippen molar-refractivity contribution in [1.82, 2.24) is 15.5 Å². The molecule has 2 aliphatic rings. The number of piperidine rings is 1. The number of hydrogen-bond donors (Lipinski definition) is 2. The normalized spacial score (nSPS) is 24.6. The third-order valence-corrected chi connectivity index (χ3v) is 3.76. The number of rotatable bonds is 2. The number of likely N-dealkylation sites (tertiary alicyclic amines) is 1. The second-order valence-electron chi connectivity index (χ2n) is 4.73. The van der Waals surface area contributed by atoms with Crippen molar-refractivity contribution in [2.45, 2.75) is 31.3 Å². The lowest BCUT2D eigenvalue weighted by Gasteiger charge is -2.38. The molecule has 0 aromatic carbocycles. The van der Waals surface area contributed by atoms with E-state index < -0.39 is 11.6 Å². The quantitative estimate of drug-likeness (QED) is 0.499. The lowest BCUT2D eigenvalue weighted by molar-refractivity contribution is -0.147. The number of nitrogens with zero attached hydrogens (tertiary/aromatic N) is 1. The zero-order chi connectivity index (χ0) is 13.3. The Bertz CT molecular complexity index is 388. The van der Waals surface area contributed by atoms with Gasteiger partial charge in [-0.3, -0.25) is 19.8 Å². The number of carbonyl (C=O) groups excluding carboxylic acids is 3. The third kappa shape index (κ3) is 2.05. The molecule has 100 valence electrons. The van der Waals surface area contributed by atoms with E-state index >= 15 is 0 Å². The van der Waals surface area contributed by atoms with Gasteiger partial charge in [-0.05, 0) is 19.8 Å². The van der Waals surface area contributed by atoms with E-state index in [1.807, 2.05) is 4.90 Å². The molecule has 2 saturated heterocycles. The topological polar surface area (TPSA) is 87.7 Å². The maximum Gasteiger partial charge on any atom is 0.322 e. The van der Waals surface area contributed by atoms with Crippen LogP contribution in [-0.2, 0) is 14.3 Å². The minimum Gasteiger partial charge on any atom is -0.468 e. The Morgan fingerprint density at radius 1 is 1.39 bits per heavy atom. The van der Waals surface area contributed by atoms with Crippen molar-refractivity contribution < 1.29 is 19.1 Å². The molecule has 0 saturated carbocycles. The molecule has 0 aromatic heterocycles. The number of carbonyl (C=O) groups is 3. The monoisotopic (exact) mass is 255 g/mol. The van der Waals surface area contributed by atoms with Crippen molar-refractivity contribution in [1.29, 1.82) is 0 Å². The summed E-state index contributed by atoms with van der Waals surface area (Å²) in [5.74, 6) is -0.552. The summed E-state index contributed by atoms with van der Waals surface area (Å²) < 4.78 is 4.69. The van der Waals surface area contributed by atoms with Crippen LogP contribution in [0.2, 0.25) is 0 Å². The standard InChI is InChI=1S/C11H17N3O4/c1-7(8(15)18-2)14-5-3-11(4-6-14)9(16)12-10(17)13-11/h7H,3-6H2,1-2H3,(H2,12,13,16,17). The van der Waals surface area contributed by atoms with E-state index in [2.05, 4.69) is 10.6 Å². The molecule has 1 unspecified atom stereocenters. The van der Waals surface area contributed by atoms with Crippen molar-refractivity contribution in [2.24, 2.45) is 0 Å². The molecule has 2 heterocycles. The van der Waals surface area contributed by atoms with Gasteiger partial charge < -0.3 is 10.1 Å². The Labute approximate surface area is 105 Å². The van der Waals surface area contributed by atoms with Crippen molar-refractivity contribution in [3.05, 3.63) is 0 Å². The summed E-state index contributed by atoms with van der Waals surface area (Å²) in [6.07, 6.45) is 1.01. The van der Waals surface area contributed by atoms with Crippen LogP contribution in [0.4, 0.5) is 4.79 Å². The molecule has 0 aromatic rings. The molecule has 1 spiro atoms. The number of amides is 3. The summed E-state index contributed by atoms with van der Waals surface area (Å²) in [7, 11) is 1.36. The molecule has 3 amide bonds. The van der Waals surface area contributed by atoms with Crippen LogP contribution in [0.1, 0.15) is 19.8 Å². The zero-order valence-corrected chi connectivity index (χ0v) is 10.5. The first-order chi connectivity index (χ1) is 8.48. The molecular formula is C11H17N3O4. The minimum atomic E-state index is -0.788. The smallest absolute Gasteiger partial charge is 0.322 e. The van der Waals surface area contributed by atoms with Crippen LogP contribution in [0.15, 0.2) is 0 Å². The zero-order valence-electron chi connectivity index (χ0n) is 10.5. The number of hydrogen-bond acceptors (Lipinski definition) is 5. The second-order valence-corrected chi connectivity index (χ2v) is 4.73. The van der Waals surface area contributed by atoms with E-state index in [4.69, 9.17) is 4.74 Å². The van der Waals surface area contributed by atoms with Gasteiger partial charge in [-0.1, -0.05) is 0 Å². The summed E-state index contributed by atoms with van der Waals surface area (Å²) in [5.41, 5.74) is -0.788. The van der Waals surface area contributed by atoms with E-state index in [9.17, 15) is 14.4 Å². The van der Waals surface area contributed by atoms with Crippen LogP contribution < -0.4 is 10.6 Å². The summed E-state index contributed by atoms with van der Waals surface area (Å²) in [4.78, 5) is 36.3. The SMILES string of the molecule is COC(=O)C(C)N1CCC2(CC1)NC(=O)NC2=O. The molecule has 2 fully saturated rings. The van der Waals surface area contributed by atoms with Gasteiger partial charge in [-0.25, -0.2) is 4.79 Å². The Morgan fingerprint density at radius 3 is 2.44 bits per heavy atom. The van der Waals surface area contributed by atoms with E-state index in [0.29, 0.717) is 25.9 Å². The number of ether oxygens (including phenoxy) is 1. The van der Waals surface area contributed by atoms with Gasteiger partial charge in [0.25, 0.3) is 5.91 Å². The summed E-state index contributed by atoms with van der Waals surface area (Å²) in [6.45, 7) is 2.92. The van der Waals surface area contributed by atoms with Crippen molar-refractivity contribution in [3.63, 3.8) is 0 Å². The van der Waals surface area contributed by atoms with Gasteiger partial charge in [0.05, 0.1) is 7.11 Å². The lowest BCUT2D eigenvalue weighted by atomic mass is 9.87. The van der Waals surface area contributed by atoms with E-state index in [-0.39, 0.29) is 17.9 Å². The fourth-order valence-corrected chi connectivity index (χ4v) is 2.49. The Kier molecular flexibility index (Phi) is 3.25. The molecule has 0 bridgehead atoms. The van der Waals surface area contributed by atoms with Crippen LogP contribution in [0.3, 0.4) is 0 Å². The number of imide groups is 1. The van der Waals surface area contributed by atoms with Gasteiger partial charge >= 0.3 is 12.0 Å². The first kappa shape index (κ1) is 12.8. The first-order valence-electron chi connectivity index (χ1n) is 5.94. The van der Waals surface area contributed by atoms with Crippen LogP contribution >= 0.6 is 0 Å². The van der Waals surface area contributed by atoms with Gasteiger partial charge in [-0.2, -0.15) is 0 Å². The number of esters is 1. The fraction of sp³-hybridized carbons (Fsp3) is 0.727. The average Bonchev–Trinajstić information content (AvgIpc) is 2.63. The largest absolute Gasteiger partial charge is 0.468 e. The molecule has 7 heteroatoms. The van der Waals surface area contributed by atoms with Gasteiger partial charge in [-0.15, -0.1) is 0 Å². The fourth-order valence-electron chi connectivity index (χ4n) is 2.49. The van der Waals surface area contributed by atoms with Gasteiger partial charge in [0.15, 0.2) is 0 Å².